The van der Waals surface area contributed by atoms with E-state index in [4.69, 9.17) is 9.47 Å². The number of methoxy groups -OCH3 is 1. The minimum Gasteiger partial charge on any atom is -0.501 e. The summed E-state index contributed by atoms with van der Waals surface area (Å²) < 4.78 is 12.3. The van der Waals surface area contributed by atoms with Gasteiger partial charge >= 0.3 is 0 Å². The summed E-state index contributed by atoms with van der Waals surface area (Å²) >= 11 is 0. The van der Waals surface area contributed by atoms with Crippen molar-refractivity contribution in [2.45, 2.75) is 39.8 Å². The van der Waals surface area contributed by atoms with Gasteiger partial charge in [0.25, 0.3) is 11.5 Å². The van der Waals surface area contributed by atoms with Crippen molar-refractivity contribution in [1.29, 1.82) is 0 Å². The number of aromatic hydroxyl groups is 1. The van der Waals surface area contributed by atoms with E-state index in [1.54, 1.807) is 33.1 Å². The predicted molar refractivity (Wildman–Crippen MR) is 133 cm³/mol. The van der Waals surface area contributed by atoms with E-state index in [9.17, 15) is 14.7 Å². The zero-order valence-corrected chi connectivity index (χ0v) is 20.5. The van der Waals surface area contributed by atoms with E-state index in [-0.39, 0.29) is 18.8 Å². The average molecular weight is 468 g/mol. The standard InChI is InChI=1S/C24H27N3O5.C2H6/c1-6-15(18(7-2)16-9-8-10-17(13-16)31-5)14-25-21(29)19-20(28)22(30)27-11-12-32-24(3,4)23(27)26-19;1-2/h6-10,13,28H,1-2,11-12,14H2,3-5H3,(H,25,29);1-2H3/b18-15-;. The molecule has 1 aliphatic rings. The third-order valence-corrected chi connectivity index (χ3v) is 5.29. The molecule has 1 aromatic carbocycles. The molecular weight excluding hydrogens is 434 g/mol. The lowest BCUT2D eigenvalue weighted by Gasteiger charge is -2.32. The molecule has 8 heteroatoms. The van der Waals surface area contributed by atoms with E-state index in [2.05, 4.69) is 23.5 Å². The zero-order valence-electron chi connectivity index (χ0n) is 20.5. The van der Waals surface area contributed by atoms with E-state index in [0.717, 1.165) is 11.1 Å². The maximum absolute atomic E-state index is 12.9. The molecular formula is C26H33N3O5. The number of carbonyl (C=O) groups excluding carboxylic acids is 1. The summed E-state index contributed by atoms with van der Waals surface area (Å²) in [6.45, 7) is 15.9. The van der Waals surface area contributed by atoms with Gasteiger partial charge in [0.1, 0.15) is 17.2 Å². The maximum atomic E-state index is 12.9. The van der Waals surface area contributed by atoms with Crippen LogP contribution in [0.2, 0.25) is 0 Å². The minimum absolute atomic E-state index is 0.0837. The Bertz CT molecular complexity index is 1160. The summed E-state index contributed by atoms with van der Waals surface area (Å²) in [5, 5.41) is 13.1. The lowest BCUT2D eigenvalue weighted by molar-refractivity contribution is -0.0566. The first-order valence-electron chi connectivity index (χ1n) is 11.1. The fourth-order valence-corrected chi connectivity index (χ4v) is 3.59. The Morgan fingerprint density at radius 3 is 2.65 bits per heavy atom. The number of nitrogens with zero attached hydrogens (tertiary/aromatic N) is 2. The van der Waals surface area contributed by atoms with Crippen LogP contribution >= 0.6 is 0 Å². The van der Waals surface area contributed by atoms with Crippen molar-refractivity contribution >= 4 is 11.5 Å². The third kappa shape index (κ3) is 5.46. The van der Waals surface area contributed by atoms with E-state index in [0.29, 0.717) is 23.8 Å². The van der Waals surface area contributed by atoms with E-state index < -0.39 is 22.8 Å². The molecule has 0 fully saturated rings. The molecule has 1 aromatic heterocycles. The highest BCUT2D eigenvalue weighted by Crippen LogP contribution is 2.28. The first-order chi connectivity index (χ1) is 16.2. The second kappa shape index (κ2) is 11.5. The summed E-state index contributed by atoms with van der Waals surface area (Å²) in [6, 6.07) is 7.42. The molecule has 0 saturated heterocycles. The van der Waals surface area contributed by atoms with E-state index in [1.165, 1.54) is 4.57 Å². The molecule has 0 aliphatic carbocycles. The molecule has 0 bridgehead atoms. The van der Waals surface area contributed by atoms with Crippen molar-refractivity contribution in [3.05, 3.63) is 82.6 Å². The molecule has 0 spiro atoms. The highest BCUT2D eigenvalue weighted by molar-refractivity contribution is 5.95. The zero-order chi connectivity index (χ0) is 25.5. The monoisotopic (exact) mass is 467 g/mol. The predicted octanol–water partition coefficient (Wildman–Crippen LogP) is 3.80. The number of nitrogens with one attached hydrogen (secondary N) is 1. The molecule has 0 unspecified atom stereocenters. The third-order valence-electron chi connectivity index (χ3n) is 5.29. The Morgan fingerprint density at radius 2 is 2.03 bits per heavy atom. The van der Waals surface area contributed by atoms with Crippen molar-refractivity contribution in [2.75, 3.05) is 20.3 Å². The Morgan fingerprint density at radius 1 is 1.32 bits per heavy atom. The Hall–Kier alpha value is -3.65. The summed E-state index contributed by atoms with van der Waals surface area (Å²) in [5.41, 5.74) is 0.421. The van der Waals surface area contributed by atoms with Crippen LogP contribution < -0.4 is 15.6 Å². The SMILES string of the molecule is C=C/C(CNC(=O)c1nc2n(c(=O)c1O)CCOC2(C)C)=C(\C=C)c1cccc(OC)c1.CC. The van der Waals surface area contributed by atoms with Crippen LogP contribution in [0.3, 0.4) is 0 Å². The van der Waals surface area contributed by atoms with Gasteiger partial charge in [0.15, 0.2) is 5.69 Å². The van der Waals surface area contributed by atoms with Gasteiger partial charge in [-0.3, -0.25) is 14.2 Å². The van der Waals surface area contributed by atoms with Crippen molar-refractivity contribution in [1.82, 2.24) is 14.9 Å². The Balaban J connectivity index is 0.00000199. The highest BCUT2D eigenvalue weighted by atomic mass is 16.5. The van der Waals surface area contributed by atoms with Gasteiger partial charge in [-0.2, -0.15) is 0 Å². The van der Waals surface area contributed by atoms with Gasteiger partial charge in [0.05, 0.1) is 20.3 Å². The Kier molecular flexibility index (Phi) is 8.97. The van der Waals surface area contributed by atoms with Gasteiger partial charge in [-0.1, -0.05) is 51.3 Å². The second-order valence-corrected chi connectivity index (χ2v) is 7.71. The fourth-order valence-electron chi connectivity index (χ4n) is 3.59. The number of allylic oxidation sites excluding steroid dienone is 2. The molecule has 0 atom stereocenters. The maximum Gasteiger partial charge on any atom is 0.296 e. The molecule has 2 aromatic rings. The van der Waals surface area contributed by atoms with Crippen molar-refractivity contribution in [3.8, 4) is 11.5 Å². The molecule has 2 N–H and O–H groups in total. The molecule has 34 heavy (non-hydrogen) atoms. The number of rotatable bonds is 7. The van der Waals surface area contributed by atoms with Crippen molar-refractivity contribution in [3.63, 3.8) is 0 Å². The van der Waals surface area contributed by atoms with Gasteiger partial charge in [-0.15, -0.1) is 0 Å². The lowest BCUT2D eigenvalue weighted by atomic mass is 9.99. The molecule has 182 valence electrons. The topological polar surface area (TPSA) is 103 Å². The first-order valence-corrected chi connectivity index (χ1v) is 11.1. The van der Waals surface area contributed by atoms with Crippen molar-refractivity contribution < 1.29 is 19.4 Å². The van der Waals surface area contributed by atoms with Crippen LogP contribution in [-0.2, 0) is 16.9 Å². The number of fused-ring (bicyclic) bond motifs is 1. The van der Waals surface area contributed by atoms with Gasteiger partial charge in [0, 0.05) is 6.54 Å². The number of benzene rings is 1. The van der Waals surface area contributed by atoms with Crippen LogP contribution in [0.25, 0.3) is 5.57 Å². The summed E-state index contributed by atoms with van der Waals surface area (Å²) in [6.07, 6.45) is 3.28. The summed E-state index contributed by atoms with van der Waals surface area (Å²) in [5.74, 6) is -0.398. The van der Waals surface area contributed by atoms with E-state index >= 15 is 0 Å². The van der Waals surface area contributed by atoms with Crippen molar-refractivity contribution in [2.24, 2.45) is 0 Å². The summed E-state index contributed by atoms with van der Waals surface area (Å²) in [4.78, 5) is 29.7. The molecule has 0 radical (unpaired) electrons. The number of carbonyl (C=O) groups is 1. The van der Waals surface area contributed by atoms with Gasteiger partial charge < -0.3 is 19.9 Å². The number of amides is 1. The molecule has 1 aliphatic heterocycles. The number of ether oxygens (including phenoxy) is 2. The van der Waals surface area contributed by atoms with Crippen LogP contribution in [0.5, 0.6) is 11.5 Å². The van der Waals surface area contributed by atoms with Crippen LogP contribution in [-0.4, -0.2) is 40.8 Å². The van der Waals surface area contributed by atoms with Gasteiger partial charge in [0.2, 0.25) is 5.75 Å². The summed E-state index contributed by atoms with van der Waals surface area (Å²) in [7, 11) is 1.58. The number of aromatic nitrogens is 2. The smallest absolute Gasteiger partial charge is 0.296 e. The van der Waals surface area contributed by atoms with Gasteiger partial charge in [-0.25, -0.2) is 4.98 Å². The highest BCUT2D eigenvalue weighted by Gasteiger charge is 2.34. The molecule has 0 saturated carbocycles. The van der Waals surface area contributed by atoms with E-state index in [1.807, 2.05) is 38.1 Å². The van der Waals surface area contributed by atoms with Crippen LogP contribution in [0.15, 0.2) is 59.9 Å². The van der Waals surface area contributed by atoms with Crippen LogP contribution in [0.1, 0.15) is 49.6 Å². The number of hydrogen-bond donors (Lipinski definition) is 2. The van der Waals surface area contributed by atoms with Gasteiger partial charge in [-0.05, 0) is 42.7 Å². The minimum atomic E-state index is -0.866. The molecule has 1 amide bonds. The normalized spacial score (nSPS) is 14.5. The van der Waals surface area contributed by atoms with Crippen LogP contribution in [0, 0.1) is 0 Å². The molecule has 2 heterocycles. The molecule has 3 rings (SSSR count). The second-order valence-electron chi connectivity index (χ2n) is 7.71. The first kappa shape index (κ1) is 26.6. The fraction of sp³-hybridized carbons (Fsp3) is 0.346. The lowest BCUT2D eigenvalue weighted by Crippen LogP contribution is -2.42. The Labute approximate surface area is 200 Å². The quantitative estimate of drug-likeness (QED) is 0.601. The average Bonchev–Trinajstić information content (AvgIpc) is 2.85. The molecule has 8 nitrogen and oxygen atoms in total. The number of hydrogen-bond acceptors (Lipinski definition) is 6. The van der Waals surface area contributed by atoms with Crippen LogP contribution in [0.4, 0.5) is 0 Å². The largest absolute Gasteiger partial charge is 0.501 e.